The summed E-state index contributed by atoms with van der Waals surface area (Å²) in [5.74, 6) is -0.183. The predicted molar refractivity (Wildman–Crippen MR) is 82.3 cm³/mol. The van der Waals surface area contributed by atoms with Gasteiger partial charge in [-0.15, -0.1) is 12.4 Å². The number of nitrogens with two attached hydrogens (primary N) is 1. The third-order valence-electron chi connectivity index (χ3n) is 3.03. The Morgan fingerprint density at radius 1 is 1.25 bits per heavy atom. The van der Waals surface area contributed by atoms with Gasteiger partial charge in [0.15, 0.2) is 0 Å². The van der Waals surface area contributed by atoms with Gasteiger partial charge in [0.1, 0.15) is 5.82 Å². The first-order valence-corrected chi connectivity index (χ1v) is 6.89. The summed E-state index contributed by atoms with van der Waals surface area (Å²) < 4.78 is 12.9. The van der Waals surface area contributed by atoms with Crippen molar-refractivity contribution in [3.05, 3.63) is 35.6 Å². The molecule has 114 valence electrons. The molecule has 1 amide bonds. The summed E-state index contributed by atoms with van der Waals surface area (Å²) in [5.41, 5.74) is 6.39. The van der Waals surface area contributed by atoms with E-state index >= 15 is 0 Å². The van der Waals surface area contributed by atoms with Crippen LogP contribution in [-0.4, -0.2) is 23.9 Å². The van der Waals surface area contributed by atoms with Crippen LogP contribution in [0.3, 0.4) is 0 Å². The van der Waals surface area contributed by atoms with Crippen molar-refractivity contribution in [3.8, 4) is 0 Å². The molecule has 0 spiro atoms. The molecular weight excluding hydrogens is 279 g/mol. The maximum absolute atomic E-state index is 12.9. The lowest BCUT2D eigenvalue weighted by atomic mass is 10.1. The smallest absolute Gasteiger partial charge is 0.224 e. The fourth-order valence-corrected chi connectivity index (χ4v) is 1.94. The quantitative estimate of drug-likeness (QED) is 0.750. The summed E-state index contributed by atoms with van der Waals surface area (Å²) >= 11 is 0. The van der Waals surface area contributed by atoms with Crippen LogP contribution in [0.4, 0.5) is 4.39 Å². The van der Waals surface area contributed by atoms with Gasteiger partial charge >= 0.3 is 0 Å². The minimum Gasteiger partial charge on any atom is -0.338 e. The van der Waals surface area contributed by atoms with Crippen molar-refractivity contribution in [2.24, 2.45) is 5.73 Å². The van der Waals surface area contributed by atoms with E-state index in [-0.39, 0.29) is 24.1 Å². The molecule has 1 aromatic carbocycles. The summed E-state index contributed by atoms with van der Waals surface area (Å²) in [7, 11) is 0. The number of halogens is 2. The molecule has 0 fully saturated rings. The molecule has 3 nitrogen and oxygen atoms in total. The van der Waals surface area contributed by atoms with Crippen LogP contribution >= 0.6 is 12.4 Å². The number of hydrogen-bond donors (Lipinski definition) is 1. The second-order valence-electron chi connectivity index (χ2n) is 4.69. The van der Waals surface area contributed by atoms with E-state index in [1.807, 2.05) is 4.90 Å². The zero-order valence-corrected chi connectivity index (χ0v) is 12.8. The van der Waals surface area contributed by atoms with Crippen LogP contribution in [0.2, 0.25) is 0 Å². The number of amides is 1. The molecule has 0 bridgehead atoms. The highest BCUT2D eigenvalue weighted by Gasteiger charge is 2.12. The fourth-order valence-electron chi connectivity index (χ4n) is 1.94. The standard InChI is InChI=1S/C15H23FN2O.ClH/c1-2-3-4-11-18(15(19)9-10-17)12-13-5-7-14(16)8-6-13;/h5-8H,2-4,9-12,17H2,1H3;1H. The van der Waals surface area contributed by atoms with Gasteiger partial charge in [0.05, 0.1) is 0 Å². The molecule has 2 N–H and O–H groups in total. The molecule has 0 aliphatic carbocycles. The number of benzene rings is 1. The van der Waals surface area contributed by atoms with Crippen molar-refractivity contribution in [1.29, 1.82) is 0 Å². The average Bonchev–Trinajstić information content (AvgIpc) is 2.40. The van der Waals surface area contributed by atoms with E-state index in [0.717, 1.165) is 31.4 Å². The van der Waals surface area contributed by atoms with E-state index in [9.17, 15) is 9.18 Å². The molecule has 0 saturated heterocycles. The molecule has 0 aliphatic rings. The summed E-state index contributed by atoms with van der Waals surface area (Å²) in [4.78, 5) is 13.8. The Kier molecular flexibility index (Phi) is 10.0. The topological polar surface area (TPSA) is 46.3 Å². The van der Waals surface area contributed by atoms with Crippen molar-refractivity contribution in [2.75, 3.05) is 13.1 Å². The number of hydrogen-bond acceptors (Lipinski definition) is 2. The van der Waals surface area contributed by atoms with Gasteiger partial charge in [0.2, 0.25) is 5.91 Å². The molecule has 0 radical (unpaired) electrons. The van der Waals surface area contributed by atoms with Crippen LogP contribution in [0.1, 0.15) is 38.2 Å². The molecule has 0 aliphatic heterocycles. The number of nitrogens with zero attached hydrogens (tertiary/aromatic N) is 1. The normalized spacial score (nSPS) is 9.95. The minimum absolute atomic E-state index is 0. The Bertz CT molecular complexity index is 384. The SMILES string of the molecule is CCCCCN(Cc1ccc(F)cc1)C(=O)CCN.Cl. The number of carbonyl (C=O) groups is 1. The zero-order chi connectivity index (χ0) is 14.1. The van der Waals surface area contributed by atoms with Gasteiger partial charge < -0.3 is 10.6 Å². The van der Waals surface area contributed by atoms with Crippen molar-refractivity contribution in [2.45, 2.75) is 39.2 Å². The van der Waals surface area contributed by atoms with E-state index in [2.05, 4.69) is 6.92 Å². The Labute approximate surface area is 126 Å². The van der Waals surface area contributed by atoms with E-state index in [1.165, 1.54) is 12.1 Å². The van der Waals surface area contributed by atoms with Crippen LogP contribution in [0, 0.1) is 5.82 Å². The number of unbranched alkanes of at least 4 members (excludes halogenated alkanes) is 2. The number of rotatable bonds is 8. The summed E-state index contributed by atoms with van der Waals surface area (Å²) in [5, 5.41) is 0. The maximum atomic E-state index is 12.9. The molecule has 5 heteroatoms. The van der Waals surface area contributed by atoms with E-state index in [0.29, 0.717) is 19.5 Å². The molecule has 1 aromatic rings. The van der Waals surface area contributed by atoms with Crippen molar-refractivity contribution >= 4 is 18.3 Å². The predicted octanol–water partition coefficient (Wildman–Crippen LogP) is 3.12. The highest BCUT2D eigenvalue weighted by molar-refractivity contribution is 5.85. The van der Waals surface area contributed by atoms with Crippen LogP contribution in [0.5, 0.6) is 0 Å². The Balaban J connectivity index is 0.00000361. The monoisotopic (exact) mass is 302 g/mol. The summed E-state index contributed by atoms with van der Waals surface area (Å²) in [6.07, 6.45) is 3.59. The first kappa shape index (κ1) is 18.9. The van der Waals surface area contributed by atoms with E-state index in [1.54, 1.807) is 12.1 Å². The second kappa shape index (κ2) is 10.6. The van der Waals surface area contributed by atoms with Crippen molar-refractivity contribution in [3.63, 3.8) is 0 Å². The summed E-state index contributed by atoms with van der Waals surface area (Å²) in [6.45, 7) is 3.77. The van der Waals surface area contributed by atoms with Gasteiger partial charge in [-0.2, -0.15) is 0 Å². The van der Waals surface area contributed by atoms with Gasteiger partial charge in [-0.3, -0.25) is 4.79 Å². The lowest BCUT2D eigenvalue weighted by Crippen LogP contribution is -2.32. The molecule has 0 heterocycles. The van der Waals surface area contributed by atoms with E-state index in [4.69, 9.17) is 5.73 Å². The van der Waals surface area contributed by atoms with Gasteiger partial charge in [-0.1, -0.05) is 31.9 Å². The van der Waals surface area contributed by atoms with Crippen LogP contribution in [0.15, 0.2) is 24.3 Å². The van der Waals surface area contributed by atoms with Gasteiger partial charge in [-0.25, -0.2) is 4.39 Å². The van der Waals surface area contributed by atoms with Gasteiger partial charge in [0, 0.05) is 26.1 Å². The first-order valence-electron chi connectivity index (χ1n) is 6.89. The lowest BCUT2D eigenvalue weighted by molar-refractivity contribution is -0.131. The highest BCUT2D eigenvalue weighted by Crippen LogP contribution is 2.09. The molecule has 1 rings (SSSR count). The van der Waals surface area contributed by atoms with Gasteiger partial charge in [-0.05, 0) is 24.1 Å². The van der Waals surface area contributed by atoms with E-state index < -0.39 is 0 Å². The lowest BCUT2D eigenvalue weighted by Gasteiger charge is -2.22. The molecule has 0 aromatic heterocycles. The van der Waals surface area contributed by atoms with Crippen molar-refractivity contribution < 1.29 is 9.18 Å². The second-order valence-corrected chi connectivity index (χ2v) is 4.69. The van der Waals surface area contributed by atoms with Gasteiger partial charge in [0.25, 0.3) is 0 Å². The van der Waals surface area contributed by atoms with Crippen molar-refractivity contribution in [1.82, 2.24) is 4.90 Å². The zero-order valence-electron chi connectivity index (χ0n) is 12.0. The highest BCUT2D eigenvalue weighted by atomic mass is 35.5. The molecule has 0 unspecified atom stereocenters. The Morgan fingerprint density at radius 2 is 1.90 bits per heavy atom. The molecule has 20 heavy (non-hydrogen) atoms. The minimum atomic E-state index is -0.255. The maximum Gasteiger partial charge on any atom is 0.224 e. The third kappa shape index (κ3) is 6.87. The fraction of sp³-hybridized carbons (Fsp3) is 0.533. The van der Waals surface area contributed by atoms with Crippen LogP contribution < -0.4 is 5.73 Å². The molecular formula is C15H24ClFN2O. The van der Waals surface area contributed by atoms with Crippen LogP contribution in [-0.2, 0) is 11.3 Å². The Hall–Kier alpha value is -1.13. The Morgan fingerprint density at radius 3 is 2.45 bits per heavy atom. The largest absolute Gasteiger partial charge is 0.338 e. The third-order valence-corrected chi connectivity index (χ3v) is 3.03. The first-order chi connectivity index (χ1) is 9.17. The van der Waals surface area contributed by atoms with Crippen LogP contribution in [0.25, 0.3) is 0 Å². The average molecular weight is 303 g/mol. The molecule has 0 atom stereocenters. The summed E-state index contributed by atoms with van der Waals surface area (Å²) in [6, 6.07) is 6.29. The molecule has 0 saturated carbocycles. The number of carbonyl (C=O) groups excluding carboxylic acids is 1.